The van der Waals surface area contributed by atoms with Crippen LogP contribution in [-0.4, -0.2) is 58.9 Å². The minimum atomic E-state index is 0. The fraction of sp³-hybridized carbons (Fsp3) is 0.400. The molecule has 9 heteroatoms. The first-order valence-electron chi connectivity index (χ1n) is 11.6. The maximum atomic E-state index is 5.67. The molecule has 2 aromatic carbocycles. The molecule has 4 rings (SSSR count). The molecule has 3 aromatic rings. The van der Waals surface area contributed by atoms with Crippen LogP contribution in [0.2, 0.25) is 0 Å². The molecule has 0 bridgehead atoms. The predicted molar refractivity (Wildman–Crippen MR) is 146 cm³/mol. The molecule has 1 fully saturated rings. The van der Waals surface area contributed by atoms with Gasteiger partial charge >= 0.3 is 0 Å². The van der Waals surface area contributed by atoms with Crippen LogP contribution in [-0.2, 0) is 6.54 Å². The van der Waals surface area contributed by atoms with E-state index < -0.39 is 0 Å². The quantitative estimate of drug-likeness (QED) is 0.230. The van der Waals surface area contributed by atoms with E-state index in [4.69, 9.17) is 9.73 Å². The third-order valence-electron chi connectivity index (χ3n) is 5.92. The Morgan fingerprint density at radius 1 is 1.06 bits per heavy atom. The van der Waals surface area contributed by atoms with Gasteiger partial charge in [-0.1, -0.05) is 36.4 Å². The lowest BCUT2D eigenvalue weighted by Gasteiger charge is -2.30. The van der Waals surface area contributed by atoms with Crippen LogP contribution in [0, 0.1) is 0 Å². The molecule has 1 aliphatic heterocycles. The summed E-state index contributed by atoms with van der Waals surface area (Å²) in [4.78, 5) is 7.33. The van der Waals surface area contributed by atoms with Crippen molar-refractivity contribution >= 4 is 29.9 Å². The van der Waals surface area contributed by atoms with Gasteiger partial charge in [0.15, 0.2) is 11.8 Å². The molecule has 8 nitrogen and oxygen atoms in total. The Hall–Kier alpha value is -2.66. The first-order valence-corrected chi connectivity index (χ1v) is 11.6. The van der Waals surface area contributed by atoms with E-state index in [2.05, 4.69) is 44.8 Å². The molecule has 1 aliphatic rings. The standard InChI is InChI=1S/C25H33N7O.HI/c1-3-26-25(28-18-24-30-29-19-32(24)20-11-5-4-6-12-20)27-17-22(31-15-9-10-16-31)21-13-7-8-14-23(21)33-2;/h4-8,11-14,19,22H,3,9-10,15-18H2,1-2H3,(H2,26,27,28);1H. The highest BCUT2D eigenvalue weighted by Crippen LogP contribution is 2.31. The van der Waals surface area contributed by atoms with Crippen LogP contribution in [0.5, 0.6) is 5.75 Å². The number of aromatic nitrogens is 3. The molecule has 34 heavy (non-hydrogen) atoms. The number of para-hydroxylation sites is 2. The van der Waals surface area contributed by atoms with Crippen molar-refractivity contribution in [3.63, 3.8) is 0 Å². The van der Waals surface area contributed by atoms with E-state index in [9.17, 15) is 0 Å². The Labute approximate surface area is 218 Å². The highest BCUT2D eigenvalue weighted by atomic mass is 127. The summed E-state index contributed by atoms with van der Waals surface area (Å²) >= 11 is 0. The smallest absolute Gasteiger partial charge is 0.191 e. The molecule has 0 spiro atoms. The Balaban J connectivity index is 0.00000324. The summed E-state index contributed by atoms with van der Waals surface area (Å²) in [6, 6.07) is 18.6. The second-order valence-corrected chi connectivity index (χ2v) is 8.03. The maximum Gasteiger partial charge on any atom is 0.191 e. The van der Waals surface area contributed by atoms with E-state index in [1.165, 1.54) is 18.4 Å². The van der Waals surface area contributed by atoms with Gasteiger partial charge in [0.05, 0.1) is 13.2 Å². The second-order valence-electron chi connectivity index (χ2n) is 8.03. The molecule has 2 N–H and O–H groups in total. The lowest BCUT2D eigenvalue weighted by Crippen LogP contribution is -2.42. The van der Waals surface area contributed by atoms with Gasteiger partial charge in [-0.3, -0.25) is 9.47 Å². The zero-order valence-corrected chi connectivity index (χ0v) is 22.2. The molecule has 1 saturated heterocycles. The van der Waals surface area contributed by atoms with Crippen molar-refractivity contribution < 1.29 is 4.74 Å². The lowest BCUT2D eigenvalue weighted by atomic mass is 10.0. The number of likely N-dealkylation sites (tertiary alicyclic amines) is 1. The third-order valence-corrected chi connectivity index (χ3v) is 5.92. The normalized spacial score (nSPS) is 14.9. The van der Waals surface area contributed by atoms with Gasteiger partial charge < -0.3 is 15.4 Å². The van der Waals surface area contributed by atoms with Gasteiger partial charge in [-0.25, -0.2) is 4.99 Å². The van der Waals surface area contributed by atoms with Gasteiger partial charge in [0.2, 0.25) is 0 Å². The number of nitrogens with one attached hydrogen (secondary N) is 2. The predicted octanol–water partition coefficient (Wildman–Crippen LogP) is 3.79. The molecular formula is C25H34IN7O. The number of benzene rings is 2. The van der Waals surface area contributed by atoms with E-state index in [-0.39, 0.29) is 30.0 Å². The number of hydrogen-bond acceptors (Lipinski definition) is 5. The molecule has 0 amide bonds. The van der Waals surface area contributed by atoms with Gasteiger partial charge in [-0.15, -0.1) is 34.2 Å². The Morgan fingerprint density at radius 3 is 2.53 bits per heavy atom. The minimum absolute atomic E-state index is 0. The molecular weight excluding hydrogens is 541 g/mol. The van der Waals surface area contributed by atoms with E-state index in [0.717, 1.165) is 49.4 Å². The number of hydrogen-bond donors (Lipinski definition) is 2. The largest absolute Gasteiger partial charge is 0.496 e. The number of ether oxygens (including phenoxy) is 1. The molecule has 0 radical (unpaired) electrons. The number of nitrogens with zero attached hydrogens (tertiary/aromatic N) is 5. The van der Waals surface area contributed by atoms with Gasteiger partial charge in [0.25, 0.3) is 0 Å². The van der Waals surface area contributed by atoms with Crippen LogP contribution < -0.4 is 15.4 Å². The van der Waals surface area contributed by atoms with Gasteiger partial charge in [-0.05, 0) is 51.1 Å². The highest BCUT2D eigenvalue weighted by Gasteiger charge is 2.26. The fourth-order valence-corrected chi connectivity index (χ4v) is 4.29. The third kappa shape index (κ3) is 6.47. The SMILES string of the molecule is CCNC(=NCc1nncn1-c1ccccc1)NCC(c1ccccc1OC)N1CCCC1.I. The number of aliphatic imine (C=N–C) groups is 1. The van der Waals surface area contributed by atoms with Crippen molar-refractivity contribution in [2.24, 2.45) is 4.99 Å². The molecule has 1 aromatic heterocycles. The van der Waals surface area contributed by atoms with Gasteiger partial charge in [0, 0.05) is 24.3 Å². The van der Waals surface area contributed by atoms with Crippen molar-refractivity contribution in [3.8, 4) is 11.4 Å². The fourth-order valence-electron chi connectivity index (χ4n) is 4.29. The zero-order valence-electron chi connectivity index (χ0n) is 19.9. The minimum Gasteiger partial charge on any atom is -0.496 e. The first kappa shape index (κ1) is 26.0. The molecule has 0 aliphatic carbocycles. The molecule has 182 valence electrons. The van der Waals surface area contributed by atoms with E-state index >= 15 is 0 Å². The zero-order chi connectivity index (χ0) is 22.9. The first-order chi connectivity index (χ1) is 16.3. The maximum absolute atomic E-state index is 5.67. The van der Waals surface area contributed by atoms with Crippen molar-refractivity contribution in [2.75, 3.05) is 33.3 Å². The molecule has 1 atom stereocenters. The molecule has 2 heterocycles. The van der Waals surface area contributed by atoms with Crippen molar-refractivity contribution in [1.29, 1.82) is 0 Å². The van der Waals surface area contributed by atoms with E-state index in [1.54, 1.807) is 13.4 Å². The summed E-state index contributed by atoms with van der Waals surface area (Å²) in [5.74, 6) is 2.48. The van der Waals surface area contributed by atoms with Crippen LogP contribution in [0.4, 0.5) is 0 Å². The Kier molecular flexibility index (Phi) is 10.1. The van der Waals surface area contributed by atoms with Crippen LogP contribution in [0.15, 0.2) is 65.9 Å². The number of methoxy groups -OCH3 is 1. The Morgan fingerprint density at radius 2 is 1.79 bits per heavy atom. The average Bonchev–Trinajstić information content (AvgIpc) is 3.56. The topological polar surface area (TPSA) is 79.6 Å². The van der Waals surface area contributed by atoms with E-state index in [0.29, 0.717) is 6.54 Å². The second kappa shape index (κ2) is 13.3. The monoisotopic (exact) mass is 575 g/mol. The summed E-state index contributed by atoms with van der Waals surface area (Å²) in [5, 5.41) is 15.3. The number of halogens is 1. The number of rotatable bonds is 9. The Bertz CT molecular complexity index is 1030. The summed E-state index contributed by atoms with van der Waals surface area (Å²) in [7, 11) is 1.74. The van der Waals surface area contributed by atoms with Crippen LogP contribution in [0.25, 0.3) is 5.69 Å². The number of guanidine groups is 1. The van der Waals surface area contributed by atoms with Gasteiger partial charge in [-0.2, -0.15) is 0 Å². The van der Waals surface area contributed by atoms with Crippen LogP contribution in [0.3, 0.4) is 0 Å². The van der Waals surface area contributed by atoms with Crippen molar-refractivity contribution in [3.05, 3.63) is 72.3 Å². The molecule has 0 saturated carbocycles. The summed E-state index contributed by atoms with van der Waals surface area (Å²) in [6.45, 7) is 6.20. The summed E-state index contributed by atoms with van der Waals surface area (Å²) in [6.07, 6.45) is 4.19. The van der Waals surface area contributed by atoms with Crippen molar-refractivity contribution in [1.82, 2.24) is 30.3 Å². The summed E-state index contributed by atoms with van der Waals surface area (Å²) < 4.78 is 7.64. The van der Waals surface area contributed by atoms with Crippen molar-refractivity contribution in [2.45, 2.75) is 32.4 Å². The van der Waals surface area contributed by atoms with E-state index in [1.807, 2.05) is 47.0 Å². The summed E-state index contributed by atoms with van der Waals surface area (Å²) in [5.41, 5.74) is 2.23. The van der Waals surface area contributed by atoms with Crippen LogP contribution >= 0.6 is 24.0 Å². The van der Waals surface area contributed by atoms with Crippen LogP contribution in [0.1, 0.15) is 37.2 Å². The lowest BCUT2D eigenvalue weighted by molar-refractivity contribution is 0.239. The molecule has 1 unspecified atom stereocenters. The average molecular weight is 575 g/mol. The highest BCUT2D eigenvalue weighted by molar-refractivity contribution is 14.0. The van der Waals surface area contributed by atoms with Gasteiger partial charge in [0.1, 0.15) is 18.6 Å².